The van der Waals surface area contributed by atoms with Gasteiger partial charge in [0.25, 0.3) is 5.91 Å². The maximum Gasteiger partial charge on any atom is 0.340 e. The lowest BCUT2D eigenvalue weighted by molar-refractivity contribution is -0.124. The van der Waals surface area contributed by atoms with E-state index in [1.54, 1.807) is 12.1 Å². The normalized spacial score (nSPS) is 16.7. The molecule has 3 rings (SSSR count). The maximum absolute atomic E-state index is 12.3. The van der Waals surface area contributed by atoms with Crippen molar-refractivity contribution in [2.24, 2.45) is 0 Å². The SMILES string of the molecule is O=C(COC(=O)c1ccccc1NCCC1=CCCCC1)NC1CC1. The molecule has 1 aromatic rings. The van der Waals surface area contributed by atoms with Crippen LogP contribution >= 0.6 is 0 Å². The number of carbonyl (C=O) groups excluding carboxylic acids is 2. The van der Waals surface area contributed by atoms with E-state index in [9.17, 15) is 9.59 Å². The van der Waals surface area contributed by atoms with Crippen LogP contribution in [0.5, 0.6) is 0 Å². The highest BCUT2D eigenvalue weighted by atomic mass is 16.5. The number of rotatable bonds is 8. The lowest BCUT2D eigenvalue weighted by Gasteiger charge is -2.15. The summed E-state index contributed by atoms with van der Waals surface area (Å²) in [6.45, 7) is 0.564. The second-order valence-corrected chi connectivity index (χ2v) is 6.75. The molecule has 2 aliphatic rings. The van der Waals surface area contributed by atoms with Crippen LogP contribution in [0.15, 0.2) is 35.9 Å². The van der Waals surface area contributed by atoms with Gasteiger partial charge < -0.3 is 15.4 Å². The Labute approximate surface area is 148 Å². The Balaban J connectivity index is 1.49. The molecule has 0 spiro atoms. The number of benzene rings is 1. The van der Waals surface area contributed by atoms with E-state index in [0.717, 1.165) is 31.5 Å². The number of carbonyl (C=O) groups is 2. The summed E-state index contributed by atoms with van der Waals surface area (Å²) in [5.41, 5.74) is 2.72. The predicted octanol–water partition coefficient (Wildman–Crippen LogP) is 3.42. The standard InChI is InChI=1S/C20H26N2O3/c23-19(22-16-10-11-16)14-25-20(24)17-8-4-5-9-18(17)21-13-12-15-6-2-1-3-7-15/h4-6,8-9,16,21H,1-3,7,10-14H2,(H,22,23). The summed E-state index contributed by atoms with van der Waals surface area (Å²) in [4.78, 5) is 23.9. The van der Waals surface area contributed by atoms with Crippen LogP contribution in [0.25, 0.3) is 0 Å². The van der Waals surface area contributed by atoms with Gasteiger partial charge in [0.05, 0.1) is 5.56 Å². The van der Waals surface area contributed by atoms with E-state index in [1.165, 1.54) is 31.3 Å². The first-order chi connectivity index (χ1) is 12.2. The number of hydrogen-bond acceptors (Lipinski definition) is 4. The second-order valence-electron chi connectivity index (χ2n) is 6.75. The van der Waals surface area contributed by atoms with Gasteiger partial charge in [-0.05, 0) is 57.1 Å². The van der Waals surface area contributed by atoms with Gasteiger partial charge in [0.15, 0.2) is 6.61 Å². The van der Waals surface area contributed by atoms with Crippen molar-refractivity contribution in [2.45, 2.75) is 51.0 Å². The number of amides is 1. The monoisotopic (exact) mass is 342 g/mol. The summed E-state index contributed by atoms with van der Waals surface area (Å²) >= 11 is 0. The third-order valence-corrected chi connectivity index (χ3v) is 4.57. The molecule has 0 radical (unpaired) electrons. The van der Waals surface area contributed by atoms with Crippen LogP contribution in [-0.4, -0.2) is 31.1 Å². The Morgan fingerprint density at radius 2 is 2.00 bits per heavy atom. The van der Waals surface area contributed by atoms with Gasteiger partial charge in [0.1, 0.15) is 0 Å². The van der Waals surface area contributed by atoms with Crippen LogP contribution in [0.4, 0.5) is 5.69 Å². The quantitative estimate of drug-likeness (QED) is 0.561. The molecule has 2 N–H and O–H groups in total. The minimum absolute atomic E-state index is 0.226. The molecule has 0 saturated heterocycles. The molecule has 25 heavy (non-hydrogen) atoms. The summed E-state index contributed by atoms with van der Waals surface area (Å²) in [5.74, 6) is -0.698. The number of ether oxygens (including phenoxy) is 1. The lowest BCUT2D eigenvalue weighted by Crippen LogP contribution is -2.30. The van der Waals surface area contributed by atoms with Crippen molar-refractivity contribution in [1.82, 2.24) is 5.32 Å². The van der Waals surface area contributed by atoms with E-state index >= 15 is 0 Å². The zero-order chi connectivity index (χ0) is 17.5. The van der Waals surface area contributed by atoms with Crippen LogP contribution in [0.2, 0.25) is 0 Å². The third-order valence-electron chi connectivity index (χ3n) is 4.57. The molecule has 2 aliphatic carbocycles. The summed E-state index contributed by atoms with van der Waals surface area (Å²) in [6.07, 6.45) is 10.3. The van der Waals surface area contributed by atoms with Crippen molar-refractivity contribution < 1.29 is 14.3 Å². The van der Waals surface area contributed by atoms with Gasteiger partial charge in [-0.1, -0.05) is 23.8 Å². The first-order valence-corrected chi connectivity index (χ1v) is 9.19. The molecule has 0 bridgehead atoms. The lowest BCUT2D eigenvalue weighted by atomic mass is 9.97. The minimum Gasteiger partial charge on any atom is -0.452 e. The van der Waals surface area contributed by atoms with Crippen LogP contribution < -0.4 is 10.6 Å². The van der Waals surface area contributed by atoms with Crippen molar-refractivity contribution in [2.75, 3.05) is 18.5 Å². The van der Waals surface area contributed by atoms with E-state index in [1.807, 2.05) is 12.1 Å². The molecular formula is C20H26N2O3. The van der Waals surface area contributed by atoms with Crippen molar-refractivity contribution in [3.05, 3.63) is 41.5 Å². The molecule has 5 heteroatoms. The van der Waals surface area contributed by atoms with Gasteiger partial charge in [-0.15, -0.1) is 0 Å². The molecule has 134 valence electrons. The van der Waals surface area contributed by atoms with Gasteiger partial charge in [-0.3, -0.25) is 4.79 Å². The topological polar surface area (TPSA) is 67.4 Å². The Morgan fingerprint density at radius 1 is 1.16 bits per heavy atom. The average Bonchev–Trinajstić information content (AvgIpc) is 3.45. The molecule has 0 unspecified atom stereocenters. The minimum atomic E-state index is -0.467. The highest BCUT2D eigenvalue weighted by Crippen LogP contribution is 2.21. The van der Waals surface area contributed by atoms with Crippen molar-refractivity contribution in [3.8, 4) is 0 Å². The highest BCUT2D eigenvalue weighted by molar-refractivity contribution is 5.96. The highest BCUT2D eigenvalue weighted by Gasteiger charge is 2.24. The van der Waals surface area contributed by atoms with E-state index in [2.05, 4.69) is 16.7 Å². The van der Waals surface area contributed by atoms with Crippen LogP contribution in [0, 0.1) is 0 Å². The number of para-hydroxylation sites is 1. The van der Waals surface area contributed by atoms with Gasteiger partial charge in [0, 0.05) is 18.3 Å². The van der Waals surface area contributed by atoms with E-state index in [-0.39, 0.29) is 18.6 Å². The molecule has 1 saturated carbocycles. The van der Waals surface area contributed by atoms with E-state index in [0.29, 0.717) is 5.56 Å². The van der Waals surface area contributed by atoms with E-state index in [4.69, 9.17) is 4.74 Å². The van der Waals surface area contributed by atoms with Gasteiger partial charge >= 0.3 is 5.97 Å². The molecule has 0 heterocycles. The Hall–Kier alpha value is -2.30. The predicted molar refractivity (Wildman–Crippen MR) is 97.5 cm³/mol. The number of esters is 1. The Kier molecular flexibility index (Phi) is 6.09. The number of nitrogens with one attached hydrogen (secondary N) is 2. The molecule has 1 fully saturated rings. The summed E-state index contributed by atoms with van der Waals surface area (Å²) in [7, 11) is 0. The molecule has 0 atom stereocenters. The van der Waals surface area contributed by atoms with Crippen LogP contribution in [0.1, 0.15) is 55.3 Å². The Morgan fingerprint density at radius 3 is 2.76 bits per heavy atom. The number of anilines is 1. The maximum atomic E-state index is 12.3. The summed E-state index contributed by atoms with van der Waals surface area (Å²) in [6, 6.07) is 7.56. The fourth-order valence-electron chi connectivity index (χ4n) is 3.01. The summed E-state index contributed by atoms with van der Waals surface area (Å²) < 4.78 is 5.15. The van der Waals surface area contributed by atoms with Crippen molar-refractivity contribution >= 4 is 17.6 Å². The first-order valence-electron chi connectivity index (χ1n) is 9.19. The largest absolute Gasteiger partial charge is 0.452 e. The Bertz CT molecular complexity index is 650. The zero-order valence-corrected chi connectivity index (χ0v) is 14.6. The molecular weight excluding hydrogens is 316 g/mol. The molecule has 0 aliphatic heterocycles. The van der Waals surface area contributed by atoms with Gasteiger partial charge in [-0.25, -0.2) is 4.79 Å². The number of allylic oxidation sites excluding steroid dienone is 1. The van der Waals surface area contributed by atoms with Gasteiger partial charge in [-0.2, -0.15) is 0 Å². The smallest absolute Gasteiger partial charge is 0.340 e. The van der Waals surface area contributed by atoms with Gasteiger partial charge in [0.2, 0.25) is 0 Å². The first kappa shape index (κ1) is 17.5. The summed E-state index contributed by atoms with van der Waals surface area (Å²) in [5, 5.41) is 6.14. The fourth-order valence-corrected chi connectivity index (χ4v) is 3.01. The van der Waals surface area contributed by atoms with Crippen molar-refractivity contribution in [1.29, 1.82) is 0 Å². The van der Waals surface area contributed by atoms with Crippen molar-refractivity contribution in [3.63, 3.8) is 0 Å². The third kappa shape index (κ3) is 5.62. The molecule has 5 nitrogen and oxygen atoms in total. The van der Waals surface area contributed by atoms with Crippen LogP contribution in [-0.2, 0) is 9.53 Å². The molecule has 0 aromatic heterocycles. The van der Waals surface area contributed by atoms with Crippen LogP contribution in [0.3, 0.4) is 0 Å². The number of hydrogen-bond donors (Lipinski definition) is 2. The molecule has 1 aromatic carbocycles. The van der Waals surface area contributed by atoms with E-state index < -0.39 is 5.97 Å². The average molecular weight is 342 g/mol. The zero-order valence-electron chi connectivity index (χ0n) is 14.6. The molecule has 1 amide bonds. The fraction of sp³-hybridized carbons (Fsp3) is 0.500. The second kappa shape index (κ2) is 8.70.